The zero-order chi connectivity index (χ0) is 26.4. The number of hydrogen-bond donors (Lipinski definition) is 0. The number of aromatic nitrogens is 2. The van der Waals surface area contributed by atoms with E-state index in [1.807, 2.05) is 55.5 Å². The van der Waals surface area contributed by atoms with Crippen LogP contribution in [0.25, 0.3) is 10.9 Å². The number of halogens is 3. The van der Waals surface area contributed by atoms with E-state index in [0.29, 0.717) is 52.9 Å². The Kier molecular flexibility index (Phi) is 9.61. The predicted octanol–water partition coefficient (Wildman–Crippen LogP) is 7.62. The van der Waals surface area contributed by atoms with Crippen LogP contribution < -0.4 is 15.0 Å². The number of aryl methyl sites for hydroxylation is 1. The molecule has 0 radical (unpaired) electrons. The van der Waals surface area contributed by atoms with Crippen LogP contribution in [-0.4, -0.2) is 22.5 Å². The summed E-state index contributed by atoms with van der Waals surface area (Å²) in [5, 5.41) is 5.77. The number of ether oxygens (including phenoxy) is 2. The maximum absolute atomic E-state index is 13.4. The lowest BCUT2D eigenvalue weighted by Crippen LogP contribution is -2.22. The minimum atomic E-state index is -0.198. The normalized spacial score (nSPS) is 11.4. The Hall–Kier alpha value is -2.43. The Labute approximate surface area is 242 Å². The van der Waals surface area contributed by atoms with Gasteiger partial charge in [-0.3, -0.25) is 4.79 Å². The molecule has 9 heteroatoms. The summed E-state index contributed by atoms with van der Waals surface area (Å²) in [6, 6.07) is 16.9. The van der Waals surface area contributed by atoms with E-state index < -0.39 is 0 Å². The van der Waals surface area contributed by atoms with Crippen LogP contribution in [0.3, 0.4) is 0 Å². The first-order chi connectivity index (χ1) is 17.9. The van der Waals surface area contributed by atoms with Gasteiger partial charge in [-0.05, 0) is 89.5 Å². The highest BCUT2D eigenvalue weighted by Crippen LogP contribution is 2.34. The van der Waals surface area contributed by atoms with E-state index in [1.54, 1.807) is 12.3 Å². The Morgan fingerprint density at radius 2 is 1.89 bits per heavy atom. The highest BCUT2D eigenvalue weighted by molar-refractivity contribution is 14.1. The van der Waals surface area contributed by atoms with Crippen LogP contribution in [0.2, 0.25) is 5.02 Å². The summed E-state index contributed by atoms with van der Waals surface area (Å²) in [5.74, 6) is 1.91. The second-order valence-electron chi connectivity index (χ2n) is 8.33. The molecule has 0 spiro atoms. The van der Waals surface area contributed by atoms with Crippen molar-refractivity contribution in [3.63, 3.8) is 0 Å². The molecule has 0 saturated carbocycles. The third-order valence-electron chi connectivity index (χ3n) is 5.58. The first-order valence-corrected chi connectivity index (χ1v) is 14.2. The molecule has 4 aromatic rings. The number of benzene rings is 3. The summed E-state index contributed by atoms with van der Waals surface area (Å²) in [6.07, 6.45) is 4.23. The summed E-state index contributed by atoms with van der Waals surface area (Å²) >= 11 is 11.7. The molecule has 1 aromatic heterocycles. The first kappa shape index (κ1) is 27.6. The lowest BCUT2D eigenvalue weighted by molar-refractivity contribution is 0.267. The number of hydrogen-bond acceptors (Lipinski definition) is 5. The molecule has 0 atom stereocenters. The topological polar surface area (TPSA) is 65.7 Å². The van der Waals surface area contributed by atoms with Gasteiger partial charge in [0.1, 0.15) is 12.4 Å². The number of unbranched alkanes of at least 4 members (excludes halogenated alkanes) is 1. The second-order valence-corrected chi connectivity index (χ2v) is 10.8. The van der Waals surface area contributed by atoms with E-state index in [1.165, 1.54) is 4.68 Å². The van der Waals surface area contributed by atoms with Crippen molar-refractivity contribution in [2.75, 3.05) is 6.61 Å². The summed E-state index contributed by atoms with van der Waals surface area (Å²) in [4.78, 5) is 18.1. The summed E-state index contributed by atoms with van der Waals surface area (Å²) in [6.45, 7) is 4.90. The molecule has 0 fully saturated rings. The van der Waals surface area contributed by atoms with Crippen molar-refractivity contribution in [3.05, 3.63) is 95.0 Å². The van der Waals surface area contributed by atoms with Crippen molar-refractivity contribution in [2.24, 2.45) is 5.10 Å². The first-order valence-electron chi connectivity index (χ1n) is 12.0. The summed E-state index contributed by atoms with van der Waals surface area (Å²) < 4.78 is 15.1. The molecule has 0 saturated heterocycles. The van der Waals surface area contributed by atoms with Gasteiger partial charge >= 0.3 is 0 Å². The average Bonchev–Trinajstić information content (AvgIpc) is 2.88. The van der Waals surface area contributed by atoms with Crippen molar-refractivity contribution < 1.29 is 9.47 Å². The highest BCUT2D eigenvalue weighted by atomic mass is 127. The van der Waals surface area contributed by atoms with Gasteiger partial charge in [0.15, 0.2) is 11.5 Å². The molecule has 0 aliphatic rings. The molecule has 3 aromatic carbocycles. The van der Waals surface area contributed by atoms with Crippen molar-refractivity contribution >= 4 is 67.2 Å². The number of rotatable bonds is 10. The fourth-order valence-electron chi connectivity index (χ4n) is 3.74. The number of nitrogens with zero attached hydrogens (tertiary/aromatic N) is 3. The Morgan fingerprint density at radius 3 is 2.62 bits per heavy atom. The molecule has 0 aliphatic carbocycles. The predicted molar refractivity (Wildman–Crippen MR) is 161 cm³/mol. The van der Waals surface area contributed by atoms with Gasteiger partial charge in [-0.2, -0.15) is 9.78 Å². The fourth-order valence-corrected chi connectivity index (χ4v) is 5.00. The van der Waals surface area contributed by atoms with Crippen LogP contribution in [0.5, 0.6) is 11.5 Å². The van der Waals surface area contributed by atoms with E-state index in [9.17, 15) is 4.79 Å². The van der Waals surface area contributed by atoms with Gasteiger partial charge in [0.25, 0.3) is 5.56 Å². The van der Waals surface area contributed by atoms with Crippen molar-refractivity contribution in [1.29, 1.82) is 0 Å². The van der Waals surface area contributed by atoms with Crippen LogP contribution >= 0.6 is 50.1 Å². The van der Waals surface area contributed by atoms with E-state index in [4.69, 9.17) is 26.1 Å². The summed E-state index contributed by atoms with van der Waals surface area (Å²) in [5.41, 5.74) is 2.26. The molecule has 0 bridgehead atoms. The quantitative estimate of drug-likeness (QED) is 0.127. The van der Waals surface area contributed by atoms with Crippen LogP contribution in [0.1, 0.15) is 43.6 Å². The average molecular weight is 695 g/mol. The fraction of sp³-hybridized carbons (Fsp3) is 0.250. The molecule has 0 N–H and O–H groups in total. The van der Waals surface area contributed by atoms with Crippen LogP contribution in [0.15, 0.2) is 69.0 Å². The lowest BCUT2D eigenvalue weighted by Gasteiger charge is -2.15. The van der Waals surface area contributed by atoms with Gasteiger partial charge in [0, 0.05) is 15.9 Å². The van der Waals surface area contributed by atoms with Gasteiger partial charge in [0.2, 0.25) is 0 Å². The van der Waals surface area contributed by atoms with Crippen molar-refractivity contribution in [3.8, 4) is 11.5 Å². The van der Waals surface area contributed by atoms with Crippen LogP contribution in [-0.2, 0) is 13.0 Å². The molecule has 192 valence electrons. The Bertz CT molecular complexity index is 1490. The maximum Gasteiger partial charge on any atom is 0.282 e. The smallest absolute Gasteiger partial charge is 0.282 e. The van der Waals surface area contributed by atoms with Crippen molar-refractivity contribution in [1.82, 2.24) is 9.66 Å². The van der Waals surface area contributed by atoms with E-state index >= 15 is 0 Å². The third-order valence-corrected chi connectivity index (χ3v) is 7.13. The molecular weight excluding hydrogens is 669 g/mol. The molecule has 1 heterocycles. The molecule has 6 nitrogen and oxygen atoms in total. The van der Waals surface area contributed by atoms with E-state index in [0.717, 1.165) is 32.0 Å². The van der Waals surface area contributed by atoms with Crippen LogP contribution in [0.4, 0.5) is 0 Å². The molecule has 0 aliphatic heterocycles. The Morgan fingerprint density at radius 1 is 1.11 bits per heavy atom. The van der Waals surface area contributed by atoms with E-state index in [2.05, 4.69) is 50.5 Å². The molecular formula is C28H26BrClIN3O3. The van der Waals surface area contributed by atoms with Gasteiger partial charge in [-0.1, -0.05) is 53.0 Å². The standard InChI is InChI=1S/C28H26BrClIN3O3/c1-3-5-6-26-33-24-12-9-20(29)15-22(24)28(35)34(26)32-16-19-13-23(31)27(25(14-19)36-4-2)37-17-18-7-10-21(30)11-8-18/h7-16H,3-6,17H2,1-2H3. The second kappa shape index (κ2) is 12.9. The zero-order valence-corrected chi connectivity index (χ0v) is 25.0. The van der Waals surface area contributed by atoms with Crippen molar-refractivity contribution in [2.45, 2.75) is 39.7 Å². The van der Waals surface area contributed by atoms with Gasteiger partial charge < -0.3 is 9.47 Å². The zero-order valence-electron chi connectivity index (χ0n) is 20.5. The minimum Gasteiger partial charge on any atom is -0.490 e. The third kappa shape index (κ3) is 6.91. The van der Waals surface area contributed by atoms with E-state index in [-0.39, 0.29) is 5.56 Å². The summed E-state index contributed by atoms with van der Waals surface area (Å²) in [7, 11) is 0. The number of fused-ring (bicyclic) bond motifs is 1. The largest absolute Gasteiger partial charge is 0.490 e. The highest BCUT2D eigenvalue weighted by Gasteiger charge is 2.14. The molecule has 37 heavy (non-hydrogen) atoms. The molecule has 0 amide bonds. The molecule has 0 unspecified atom stereocenters. The monoisotopic (exact) mass is 693 g/mol. The van der Waals surface area contributed by atoms with Gasteiger partial charge in [-0.25, -0.2) is 4.98 Å². The van der Waals surface area contributed by atoms with Gasteiger partial charge in [-0.15, -0.1) is 0 Å². The minimum absolute atomic E-state index is 0.198. The lowest BCUT2D eigenvalue weighted by atomic mass is 10.2. The van der Waals surface area contributed by atoms with Crippen LogP contribution in [0, 0.1) is 3.57 Å². The Balaban J connectivity index is 1.68. The molecule has 4 rings (SSSR count). The van der Waals surface area contributed by atoms with Gasteiger partial charge in [0.05, 0.1) is 27.3 Å². The SMILES string of the molecule is CCCCc1nc2ccc(Br)cc2c(=O)n1N=Cc1cc(I)c(OCc2ccc(Cl)cc2)c(OCC)c1. The maximum atomic E-state index is 13.4.